The second-order valence-corrected chi connectivity index (χ2v) is 4.73. The second-order valence-electron chi connectivity index (χ2n) is 3.91. The van der Waals surface area contributed by atoms with Crippen molar-refractivity contribution in [2.24, 2.45) is 5.73 Å². The van der Waals surface area contributed by atoms with E-state index < -0.39 is 11.9 Å². The van der Waals surface area contributed by atoms with Gasteiger partial charge in [-0.15, -0.1) is 0 Å². The van der Waals surface area contributed by atoms with E-state index in [-0.39, 0.29) is 15.6 Å². The Bertz CT molecular complexity index is 639. The zero-order valence-electron chi connectivity index (χ0n) is 10.2. The summed E-state index contributed by atoms with van der Waals surface area (Å²) in [6.07, 6.45) is 0. The van der Waals surface area contributed by atoms with Crippen LogP contribution in [0, 0.1) is 0 Å². The van der Waals surface area contributed by atoms with Gasteiger partial charge < -0.3 is 5.73 Å². The van der Waals surface area contributed by atoms with Gasteiger partial charge in [-0.1, -0.05) is 47.5 Å². The molecule has 0 aliphatic carbocycles. The van der Waals surface area contributed by atoms with Crippen LogP contribution in [0.1, 0.15) is 10.4 Å². The molecule has 0 fully saturated rings. The summed E-state index contributed by atoms with van der Waals surface area (Å²) >= 11 is 12.0. The van der Waals surface area contributed by atoms with Crippen molar-refractivity contribution in [1.82, 2.24) is 0 Å². The van der Waals surface area contributed by atoms with Gasteiger partial charge in [0.25, 0.3) is 5.91 Å². The van der Waals surface area contributed by atoms with Crippen LogP contribution in [0.5, 0.6) is 0 Å². The molecule has 0 heterocycles. The smallest absolute Gasteiger partial charge is 0.326 e. The summed E-state index contributed by atoms with van der Waals surface area (Å²) in [6, 6.07) is 12.1. The SMILES string of the molecule is NC(=O)N(C(=O)c1c(Cl)cccc1Cl)c1ccccc1. The van der Waals surface area contributed by atoms with E-state index >= 15 is 0 Å². The van der Waals surface area contributed by atoms with Gasteiger partial charge in [0.15, 0.2) is 0 Å². The van der Waals surface area contributed by atoms with Crippen LogP contribution in [0.15, 0.2) is 48.5 Å². The molecule has 0 saturated heterocycles. The lowest BCUT2D eigenvalue weighted by molar-refractivity contribution is 0.0995. The number of para-hydroxylation sites is 1. The van der Waals surface area contributed by atoms with Gasteiger partial charge in [0.05, 0.1) is 21.3 Å². The molecule has 0 atom stereocenters. The number of carbonyl (C=O) groups is 2. The Kier molecular flexibility index (Phi) is 4.27. The van der Waals surface area contributed by atoms with Crippen LogP contribution in [-0.4, -0.2) is 11.9 Å². The van der Waals surface area contributed by atoms with Crippen molar-refractivity contribution in [3.8, 4) is 0 Å². The third kappa shape index (κ3) is 2.76. The minimum absolute atomic E-state index is 0.0403. The number of urea groups is 1. The first kappa shape index (κ1) is 14.4. The number of amides is 3. The van der Waals surface area contributed by atoms with Gasteiger partial charge >= 0.3 is 6.03 Å². The molecule has 0 aliphatic heterocycles. The number of hydrogen-bond acceptors (Lipinski definition) is 2. The lowest BCUT2D eigenvalue weighted by atomic mass is 10.2. The summed E-state index contributed by atoms with van der Waals surface area (Å²) in [5, 5.41) is 0.314. The van der Waals surface area contributed by atoms with Gasteiger partial charge in [-0.2, -0.15) is 0 Å². The average Bonchev–Trinajstić information content (AvgIpc) is 2.39. The highest BCUT2D eigenvalue weighted by Gasteiger charge is 2.26. The number of rotatable bonds is 2. The van der Waals surface area contributed by atoms with E-state index in [0.717, 1.165) is 4.90 Å². The highest BCUT2D eigenvalue weighted by molar-refractivity contribution is 6.41. The Morgan fingerprint density at radius 2 is 1.45 bits per heavy atom. The maximum atomic E-state index is 12.5. The Morgan fingerprint density at radius 1 is 0.900 bits per heavy atom. The molecule has 0 bridgehead atoms. The molecule has 0 radical (unpaired) electrons. The number of primary amides is 1. The maximum Gasteiger partial charge on any atom is 0.326 e. The fraction of sp³-hybridized carbons (Fsp3) is 0. The predicted octanol–water partition coefficient (Wildman–Crippen LogP) is 3.72. The molecule has 102 valence electrons. The van der Waals surface area contributed by atoms with Gasteiger partial charge in [0.2, 0.25) is 0 Å². The van der Waals surface area contributed by atoms with Gasteiger partial charge in [-0.25, -0.2) is 9.69 Å². The van der Waals surface area contributed by atoms with Crippen LogP contribution in [-0.2, 0) is 0 Å². The Hall–Kier alpha value is -2.04. The molecule has 0 saturated carbocycles. The molecule has 2 aromatic carbocycles. The molecule has 4 nitrogen and oxygen atoms in total. The van der Waals surface area contributed by atoms with Crippen LogP contribution in [0.25, 0.3) is 0 Å². The molecular formula is C14H10Cl2N2O2. The van der Waals surface area contributed by atoms with E-state index in [2.05, 4.69) is 0 Å². The number of carbonyl (C=O) groups excluding carboxylic acids is 2. The first-order valence-corrected chi connectivity index (χ1v) is 6.41. The normalized spacial score (nSPS) is 10.1. The van der Waals surface area contributed by atoms with Crippen molar-refractivity contribution < 1.29 is 9.59 Å². The average molecular weight is 309 g/mol. The fourth-order valence-corrected chi connectivity index (χ4v) is 2.29. The van der Waals surface area contributed by atoms with Crippen molar-refractivity contribution in [2.75, 3.05) is 4.90 Å². The molecule has 3 amide bonds. The Balaban J connectivity index is 2.51. The van der Waals surface area contributed by atoms with Gasteiger partial charge in [-0.3, -0.25) is 4.79 Å². The zero-order chi connectivity index (χ0) is 14.7. The standard InChI is InChI=1S/C14H10Cl2N2O2/c15-10-7-4-8-11(16)12(10)13(19)18(14(17)20)9-5-2-1-3-6-9/h1-8H,(H2,17,20). The van der Waals surface area contributed by atoms with Gasteiger partial charge in [0.1, 0.15) is 0 Å². The van der Waals surface area contributed by atoms with E-state index in [4.69, 9.17) is 28.9 Å². The van der Waals surface area contributed by atoms with Crippen molar-refractivity contribution in [1.29, 1.82) is 0 Å². The summed E-state index contributed by atoms with van der Waals surface area (Å²) in [6.45, 7) is 0. The van der Waals surface area contributed by atoms with Crippen LogP contribution < -0.4 is 10.6 Å². The fourth-order valence-electron chi connectivity index (χ4n) is 1.74. The molecule has 0 unspecified atom stereocenters. The second kappa shape index (κ2) is 5.94. The number of benzene rings is 2. The molecule has 2 aromatic rings. The summed E-state index contributed by atoms with van der Waals surface area (Å²) in [5.74, 6) is -0.667. The number of halogens is 2. The van der Waals surface area contributed by atoms with Gasteiger partial charge in [0, 0.05) is 0 Å². The topological polar surface area (TPSA) is 63.4 Å². The van der Waals surface area contributed by atoms with E-state index in [0.29, 0.717) is 5.69 Å². The van der Waals surface area contributed by atoms with Gasteiger partial charge in [-0.05, 0) is 24.3 Å². The number of nitrogens with zero attached hydrogens (tertiary/aromatic N) is 1. The largest absolute Gasteiger partial charge is 0.351 e. The number of anilines is 1. The van der Waals surface area contributed by atoms with Crippen LogP contribution in [0.3, 0.4) is 0 Å². The molecule has 20 heavy (non-hydrogen) atoms. The van der Waals surface area contributed by atoms with Crippen molar-refractivity contribution >= 4 is 40.8 Å². The Labute approximate surface area is 125 Å². The zero-order valence-corrected chi connectivity index (χ0v) is 11.7. The molecule has 0 spiro atoms. The van der Waals surface area contributed by atoms with Crippen molar-refractivity contribution in [3.63, 3.8) is 0 Å². The van der Waals surface area contributed by atoms with Crippen molar-refractivity contribution in [2.45, 2.75) is 0 Å². The van der Waals surface area contributed by atoms with E-state index in [1.165, 1.54) is 12.1 Å². The first-order valence-electron chi connectivity index (χ1n) is 5.65. The lowest BCUT2D eigenvalue weighted by Crippen LogP contribution is -2.41. The minimum atomic E-state index is -0.905. The van der Waals surface area contributed by atoms with Crippen LogP contribution >= 0.6 is 23.2 Å². The third-order valence-corrected chi connectivity index (χ3v) is 3.24. The van der Waals surface area contributed by atoms with Crippen LogP contribution in [0.4, 0.5) is 10.5 Å². The molecule has 2 N–H and O–H groups in total. The summed E-state index contributed by atoms with van der Waals surface area (Å²) < 4.78 is 0. The quantitative estimate of drug-likeness (QED) is 0.919. The maximum absolute atomic E-state index is 12.5. The molecule has 0 aliphatic rings. The van der Waals surface area contributed by atoms with E-state index in [1.54, 1.807) is 36.4 Å². The lowest BCUT2D eigenvalue weighted by Gasteiger charge is -2.19. The third-order valence-electron chi connectivity index (χ3n) is 2.61. The summed E-state index contributed by atoms with van der Waals surface area (Å²) in [4.78, 5) is 24.9. The monoisotopic (exact) mass is 308 g/mol. The minimum Gasteiger partial charge on any atom is -0.351 e. The number of imide groups is 1. The van der Waals surface area contributed by atoms with Crippen molar-refractivity contribution in [3.05, 3.63) is 64.1 Å². The highest BCUT2D eigenvalue weighted by Crippen LogP contribution is 2.27. The van der Waals surface area contributed by atoms with E-state index in [1.807, 2.05) is 0 Å². The summed E-state index contributed by atoms with van der Waals surface area (Å²) in [7, 11) is 0. The molecule has 6 heteroatoms. The highest BCUT2D eigenvalue weighted by atomic mass is 35.5. The molecular weight excluding hydrogens is 299 g/mol. The molecule has 0 aromatic heterocycles. The first-order chi connectivity index (χ1) is 9.52. The van der Waals surface area contributed by atoms with Crippen LogP contribution in [0.2, 0.25) is 10.0 Å². The van der Waals surface area contributed by atoms with E-state index in [9.17, 15) is 9.59 Å². The molecule has 2 rings (SSSR count). The number of hydrogen-bond donors (Lipinski definition) is 1. The Morgan fingerprint density at radius 3 is 1.95 bits per heavy atom. The summed E-state index contributed by atoms with van der Waals surface area (Å²) in [5.41, 5.74) is 5.68. The predicted molar refractivity (Wildman–Crippen MR) is 79.3 cm³/mol. The number of nitrogens with two attached hydrogens (primary N) is 1.